The number of benzene rings is 1. The van der Waals surface area contributed by atoms with Gasteiger partial charge in [0.05, 0.1) is 0 Å². The van der Waals surface area contributed by atoms with Crippen molar-refractivity contribution in [2.75, 3.05) is 13.6 Å². The molecule has 0 saturated heterocycles. The lowest BCUT2D eigenvalue weighted by Crippen LogP contribution is -2.24. The Morgan fingerprint density at radius 1 is 1.16 bits per heavy atom. The molecule has 1 aromatic carbocycles. The summed E-state index contributed by atoms with van der Waals surface area (Å²) < 4.78 is 0. The largest absolute Gasteiger partial charge is 0.355 e. The van der Waals surface area contributed by atoms with E-state index in [9.17, 15) is 4.79 Å². The quantitative estimate of drug-likeness (QED) is 0.854. The normalized spacial score (nSPS) is 16.3. The SMILES string of the molecule is CNC(=O)c1ccc(CNCC2CCCCC2)cc1. The van der Waals surface area contributed by atoms with Crippen molar-refractivity contribution in [1.29, 1.82) is 0 Å². The Morgan fingerprint density at radius 3 is 2.47 bits per heavy atom. The van der Waals surface area contributed by atoms with Crippen molar-refractivity contribution in [1.82, 2.24) is 10.6 Å². The number of carbonyl (C=O) groups is 1. The van der Waals surface area contributed by atoms with Gasteiger partial charge in [0.1, 0.15) is 0 Å². The highest BCUT2D eigenvalue weighted by Crippen LogP contribution is 2.22. The molecule has 3 nitrogen and oxygen atoms in total. The Kier molecular flexibility index (Phi) is 5.40. The number of rotatable bonds is 5. The summed E-state index contributed by atoms with van der Waals surface area (Å²) in [6.45, 7) is 2.02. The third-order valence-electron chi connectivity index (χ3n) is 3.93. The zero-order chi connectivity index (χ0) is 13.5. The van der Waals surface area contributed by atoms with Crippen molar-refractivity contribution in [2.45, 2.75) is 38.6 Å². The predicted octanol–water partition coefficient (Wildman–Crippen LogP) is 2.72. The topological polar surface area (TPSA) is 41.1 Å². The summed E-state index contributed by atoms with van der Waals surface area (Å²) in [7, 11) is 1.65. The van der Waals surface area contributed by atoms with Crippen LogP contribution in [0, 0.1) is 5.92 Å². The molecule has 1 saturated carbocycles. The third kappa shape index (κ3) is 4.35. The first-order valence-electron chi connectivity index (χ1n) is 7.31. The maximum Gasteiger partial charge on any atom is 0.251 e. The van der Waals surface area contributed by atoms with E-state index in [4.69, 9.17) is 0 Å². The molecule has 0 radical (unpaired) electrons. The number of amides is 1. The zero-order valence-corrected chi connectivity index (χ0v) is 11.7. The molecule has 2 N–H and O–H groups in total. The molecule has 1 aromatic rings. The Morgan fingerprint density at radius 2 is 1.84 bits per heavy atom. The molecule has 0 atom stereocenters. The first kappa shape index (κ1) is 14.1. The van der Waals surface area contributed by atoms with Gasteiger partial charge in [-0.3, -0.25) is 4.79 Å². The van der Waals surface area contributed by atoms with Gasteiger partial charge < -0.3 is 10.6 Å². The van der Waals surface area contributed by atoms with Crippen LogP contribution in [0.3, 0.4) is 0 Å². The van der Waals surface area contributed by atoms with Gasteiger partial charge in [-0.15, -0.1) is 0 Å². The summed E-state index contributed by atoms with van der Waals surface area (Å²) in [5, 5.41) is 6.17. The van der Waals surface area contributed by atoms with Crippen LogP contribution in [0.1, 0.15) is 48.0 Å². The number of nitrogens with one attached hydrogen (secondary N) is 2. The van der Waals surface area contributed by atoms with Crippen LogP contribution in [0.25, 0.3) is 0 Å². The van der Waals surface area contributed by atoms with E-state index >= 15 is 0 Å². The minimum atomic E-state index is -0.0262. The van der Waals surface area contributed by atoms with Gasteiger partial charge in [-0.25, -0.2) is 0 Å². The fourth-order valence-electron chi connectivity index (χ4n) is 2.73. The van der Waals surface area contributed by atoms with E-state index in [2.05, 4.69) is 10.6 Å². The highest BCUT2D eigenvalue weighted by molar-refractivity contribution is 5.93. The van der Waals surface area contributed by atoms with Crippen LogP contribution in [0.2, 0.25) is 0 Å². The monoisotopic (exact) mass is 260 g/mol. The molecule has 0 bridgehead atoms. The molecule has 1 aliphatic carbocycles. The smallest absolute Gasteiger partial charge is 0.251 e. The molecule has 19 heavy (non-hydrogen) atoms. The molecule has 0 spiro atoms. The zero-order valence-electron chi connectivity index (χ0n) is 11.7. The van der Waals surface area contributed by atoms with Gasteiger partial charge >= 0.3 is 0 Å². The first-order valence-corrected chi connectivity index (χ1v) is 7.31. The van der Waals surface area contributed by atoms with E-state index < -0.39 is 0 Å². The van der Waals surface area contributed by atoms with Gasteiger partial charge in [-0.2, -0.15) is 0 Å². The summed E-state index contributed by atoms with van der Waals surface area (Å²) in [4.78, 5) is 11.4. The second kappa shape index (κ2) is 7.29. The van der Waals surface area contributed by atoms with Crippen LogP contribution < -0.4 is 10.6 Å². The second-order valence-corrected chi connectivity index (χ2v) is 5.41. The van der Waals surface area contributed by atoms with Gasteiger partial charge in [0.2, 0.25) is 0 Å². The molecule has 0 unspecified atom stereocenters. The number of hydrogen-bond donors (Lipinski definition) is 2. The standard InChI is InChI=1S/C16H24N2O/c1-17-16(19)15-9-7-14(8-10-15)12-18-11-13-5-3-2-4-6-13/h7-10,13,18H,2-6,11-12H2,1H3,(H,17,19). The Labute approximate surface area is 115 Å². The van der Waals surface area contributed by atoms with Crippen molar-refractivity contribution in [3.05, 3.63) is 35.4 Å². The molecule has 104 valence electrons. The second-order valence-electron chi connectivity index (χ2n) is 5.41. The van der Waals surface area contributed by atoms with Gasteiger partial charge in [0.15, 0.2) is 0 Å². The highest BCUT2D eigenvalue weighted by atomic mass is 16.1. The molecule has 1 aliphatic rings. The number of hydrogen-bond acceptors (Lipinski definition) is 2. The predicted molar refractivity (Wildman–Crippen MR) is 78.1 cm³/mol. The minimum absolute atomic E-state index is 0.0262. The maximum absolute atomic E-state index is 11.4. The van der Waals surface area contributed by atoms with Crippen LogP contribution in [-0.2, 0) is 6.54 Å². The van der Waals surface area contributed by atoms with Crippen molar-refractivity contribution in [3.63, 3.8) is 0 Å². The average molecular weight is 260 g/mol. The number of carbonyl (C=O) groups excluding carboxylic acids is 1. The Balaban J connectivity index is 1.75. The lowest BCUT2D eigenvalue weighted by molar-refractivity contribution is 0.0963. The maximum atomic E-state index is 11.4. The molecule has 1 amide bonds. The van der Waals surface area contributed by atoms with Gasteiger partial charge in [0, 0.05) is 19.2 Å². The minimum Gasteiger partial charge on any atom is -0.355 e. The molecule has 2 rings (SSSR count). The van der Waals surface area contributed by atoms with E-state index in [1.807, 2.05) is 24.3 Å². The summed E-state index contributed by atoms with van der Waals surface area (Å²) in [5.74, 6) is 0.834. The van der Waals surface area contributed by atoms with E-state index in [-0.39, 0.29) is 5.91 Å². The van der Waals surface area contributed by atoms with E-state index in [1.165, 1.54) is 37.7 Å². The molecular weight excluding hydrogens is 236 g/mol. The molecule has 3 heteroatoms. The fraction of sp³-hybridized carbons (Fsp3) is 0.562. The van der Waals surface area contributed by atoms with Crippen molar-refractivity contribution in [3.8, 4) is 0 Å². The van der Waals surface area contributed by atoms with Crippen LogP contribution in [0.15, 0.2) is 24.3 Å². The van der Waals surface area contributed by atoms with Crippen molar-refractivity contribution >= 4 is 5.91 Å². The summed E-state index contributed by atoms with van der Waals surface area (Å²) in [6, 6.07) is 7.82. The molecule has 1 fully saturated rings. The molecule has 0 heterocycles. The van der Waals surface area contributed by atoms with E-state index in [0.717, 1.165) is 24.6 Å². The lowest BCUT2D eigenvalue weighted by Gasteiger charge is -2.21. The Bertz CT molecular complexity index is 394. The lowest BCUT2D eigenvalue weighted by atomic mass is 9.89. The molecule has 0 aliphatic heterocycles. The van der Waals surface area contributed by atoms with Crippen molar-refractivity contribution < 1.29 is 4.79 Å². The van der Waals surface area contributed by atoms with Crippen LogP contribution in [-0.4, -0.2) is 19.5 Å². The van der Waals surface area contributed by atoms with Crippen molar-refractivity contribution in [2.24, 2.45) is 5.92 Å². The summed E-state index contributed by atoms with van der Waals surface area (Å²) in [6.07, 6.45) is 6.96. The summed E-state index contributed by atoms with van der Waals surface area (Å²) in [5.41, 5.74) is 1.96. The van der Waals surface area contributed by atoms with Crippen LogP contribution >= 0.6 is 0 Å². The van der Waals surface area contributed by atoms with Gasteiger partial charge in [0.25, 0.3) is 5.91 Å². The molecular formula is C16H24N2O. The highest BCUT2D eigenvalue weighted by Gasteiger charge is 2.12. The first-order chi connectivity index (χ1) is 9.29. The Hall–Kier alpha value is -1.35. The third-order valence-corrected chi connectivity index (χ3v) is 3.93. The summed E-state index contributed by atoms with van der Waals surface area (Å²) >= 11 is 0. The van der Waals surface area contributed by atoms with Crippen LogP contribution in [0.4, 0.5) is 0 Å². The fourth-order valence-corrected chi connectivity index (χ4v) is 2.73. The van der Waals surface area contributed by atoms with E-state index in [0.29, 0.717) is 0 Å². The molecule has 0 aromatic heterocycles. The van der Waals surface area contributed by atoms with Crippen LogP contribution in [0.5, 0.6) is 0 Å². The van der Waals surface area contributed by atoms with Gasteiger partial charge in [-0.1, -0.05) is 31.4 Å². The van der Waals surface area contributed by atoms with E-state index in [1.54, 1.807) is 7.05 Å². The van der Waals surface area contributed by atoms with Gasteiger partial charge in [-0.05, 0) is 43.0 Å². The average Bonchev–Trinajstić information content (AvgIpc) is 2.48.